The summed E-state index contributed by atoms with van der Waals surface area (Å²) in [4.78, 5) is 2.39. The largest absolute Gasteiger partial charge is 0.385 e. The molecule has 0 rings (SSSR count). The van der Waals surface area contributed by atoms with Crippen molar-refractivity contribution >= 4 is 0 Å². The third-order valence-corrected chi connectivity index (χ3v) is 2.47. The fraction of sp³-hybridized carbons (Fsp3) is 1.00. The molecular formula is C11H26N2O. The van der Waals surface area contributed by atoms with Gasteiger partial charge in [0.1, 0.15) is 0 Å². The minimum atomic E-state index is 0.623. The van der Waals surface area contributed by atoms with E-state index in [1.165, 1.54) is 13.0 Å². The van der Waals surface area contributed by atoms with Gasteiger partial charge in [-0.15, -0.1) is 0 Å². The van der Waals surface area contributed by atoms with Gasteiger partial charge in [0.2, 0.25) is 0 Å². The second kappa shape index (κ2) is 9.44. The molecule has 1 unspecified atom stereocenters. The first-order valence-electron chi connectivity index (χ1n) is 5.62. The number of methoxy groups -OCH3 is 1. The van der Waals surface area contributed by atoms with Crippen LogP contribution < -0.4 is 5.32 Å². The van der Waals surface area contributed by atoms with Crippen LogP contribution in [0.25, 0.3) is 0 Å². The minimum Gasteiger partial charge on any atom is -0.385 e. The molecule has 1 N–H and O–H groups in total. The number of likely N-dealkylation sites (N-methyl/N-ethyl adjacent to an activating group) is 1. The summed E-state index contributed by atoms with van der Waals surface area (Å²) < 4.78 is 4.98. The molecule has 3 heteroatoms. The van der Waals surface area contributed by atoms with E-state index in [9.17, 15) is 0 Å². The predicted octanol–water partition coefficient (Wildman–Crippen LogP) is 1.34. The number of ether oxygens (including phenoxy) is 1. The maximum Gasteiger partial charge on any atom is 0.0474 e. The van der Waals surface area contributed by atoms with Crippen LogP contribution >= 0.6 is 0 Å². The average Bonchev–Trinajstić information content (AvgIpc) is 2.17. The summed E-state index contributed by atoms with van der Waals surface area (Å²) in [6.45, 7) is 8.64. The fourth-order valence-corrected chi connectivity index (χ4v) is 1.38. The molecule has 0 bridgehead atoms. The molecule has 0 amide bonds. The van der Waals surface area contributed by atoms with Gasteiger partial charge < -0.3 is 15.0 Å². The third-order valence-electron chi connectivity index (χ3n) is 2.47. The van der Waals surface area contributed by atoms with E-state index in [4.69, 9.17) is 4.74 Å². The van der Waals surface area contributed by atoms with Gasteiger partial charge in [-0.3, -0.25) is 0 Å². The molecule has 14 heavy (non-hydrogen) atoms. The van der Waals surface area contributed by atoms with E-state index in [0.717, 1.165) is 26.1 Å². The molecule has 0 spiro atoms. The first kappa shape index (κ1) is 13.9. The van der Waals surface area contributed by atoms with Crippen molar-refractivity contribution < 1.29 is 4.74 Å². The first-order chi connectivity index (χ1) is 6.72. The summed E-state index contributed by atoms with van der Waals surface area (Å²) in [6.07, 6.45) is 2.32. The molecule has 0 aromatic heterocycles. The van der Waals surface area contributed by atoms with E-state index in [1.54, 1.807) is 7.11 Å². The molecule has 0 aliphatic carbocycles. The van der Waals surface area contributed by atoms with E-state index in [1.807, 2.05) is 0 Å². The molecule has 0 aromatic carbocycles. The van der Waals surface area contributed by atoms with Crippen LogP contribution in [0.4, 0.5) is 0 Å². The van der Waals surface area contributed by atoms with Crippen LogP contribution in [0.15, 0.2) is 0 Å². The van der Waals surface area contributed by atoms with Gasteiger partial charge >= 0.3 is 0 Å². The summed E-state index contributed by atoms with van der Waals surface area (Å²) in [7, 11) is 3.93. The number of nitrogens with zero attached hydrogens (tertiary/aromatic N) is 1. The molecule has 0 fully saturated rings. The lowest BCUT2D eigenvalue weighted by Crippen LogP contribution is -2.38. The number of hydrogen-bond donors (Lipinski definition) is 1. The fourth-order valence-electron chi connectivity index (χ4n) is 1.38. The van der Waals surface area contributed by atoms with Crippen molar-refractivity contribution in [1.82, 2.24) is 10.2 Å². The molecule has 0 saturated heterocycles. The van der Waals surface area contributed by atoms with Crippen LogP contribution in [0.2, 0.25) is 0 Å². The number of rotatable bonds is 9. The Morgan fingerprint density at radius 1 is 1.43 bits per heavy atom. The van der Waals surface area contributed by atoms with Crippen LogP contribution in [0.3, 0.4) is 0 Å². The second-order valence-corrected chi connectivity index (χ2v) is 3.88. The highest BCUT2D eigenvalue weighted by Crippen LogP contribution is 1.95. The van der Waals surface area contributed by atoms with Crippen molar-refractivity contribution in [2.75, 3.05) is 40.4 Å². The lowest BCUT2D eigenvalue weighted by Gasteiger charge is -2.24. The normalized spacial score (nSPS) is 13.5. The van der Waals surface area contributed by atoms with Crippen molar-refractivity contribution in [3.05, 3.63) is 0 Å². The van der Waals surface area contributed by atoms with Gasteiger partial charge in [-0.2, -0.15) is 0 Å². The zero-order chi connectivity index (χ0) is 10.8. The van der Waals surface area contributed by atoms with E-state index in [0.29, 0.717) is 6.04 Å². The molecule has 86 valence electrons. The van der Waals surface area contributed by atoms with Crippen molar-refractivity contribution in [2.24, 2.45) is 0 Å². The SMILES string of the molecule is CCCN(C)C(C)CNCCCOC. The van der Waals surface area contributed by atoms with E-state index in [-0.39, 0.29) is 0 Å². The maximum atomic E-state index is 4.98. The van der Waals surface area contributed by atoms with Gasteiger partial charge in [0, 0.05) is 26.3 Å². The van der Waals surface area contributed by atoms with Crippen LogP contribution in [0.5, 0.6) is 0 Å². The molecule has 0 aliphatic heterocycles. The van der Waals surface area contributed by atoms with Gasteiger partial charge in [0.25, 0.3) is 0 Å². The lowest BCUT2D eigenvalue weighted by atomic mass is 10.2. The Balaban J connectivity index is 3.29. The molecule has 0 aromatic rings. The molecule has 0 radical (unpaired) electrons. The Labute approximate surface area is 88.8 Å². The summed E-state index contributed by atoms with van der Waals surface area (Å²) in [5, 5.41) is 3.44. The zero-order valence-corrected chi connectivity index (χ0v) is 10.2. The van der Waals surface area contributed by atoms with Crippen molar-refractivity contribution in [1.29, 1.82) is 0 Å². The Bertz CT molecular complexity index is 120. The van der Waals surface area contributed by atoms with Crippen LogP contribution in [-0.4, -0.2) is 51.3 Å². The van der Waals surface area contributed by atoms with Gasteiger partial charge in [0.15, 0.2) is 0 Å². The van der Waals surface area contributed by atoms with E-state index in [2.05, 4.69) is 31.1 Å². The highest BCUT2D eigenvalue weighted by Gasteiger charge is 2.06. The van der Waals surface area contributed by atoms with Crippen LogP contribution in [-0.2, 0) is 4.74 Å². The molecule has 0 aliphatic rings. The lowest BCUT2D eigenvalue weighted by molar-refractivity contribution is 0.192. The quantitative estimate of drug-likeness (QED) is 0.571. The maximum absolute atomic E-state index is 4.98. The average molecular weight is 202 g/mol. The minimum absolute atomic E-state index is 0.623. The van der Waals surface area contributed by atoms with Crippen molar-refractivity contribution in [3.63, 3.8) is 0 Å². The topological polar surface area (TPSA) is 24.5 Å². The van der Waals surface area contributed by atoms with Crippen LogP contribution in [0.1, 0.15) is 26.7 Å². The Morgan fingerprint density at radius 2 is 2.14 bits per heavy atom. The van der Waals surface area contributed by atoms with Gasteiger partial charge in [-0.25, -0.2) is 0 Å². The highest BCUT2D eigenvalue weighted by molar-refractivity contribution is 4.65. The predicted molar refractivity (Wildman–Crippen MR) is 61.7 cm³/mol. The Morgan fingerprint density at radius 3 is 2.71 bits per heavy atom. The summed E-state index contributed by atoms with van der Waals surface area (Å²) in [6, 6.07) is 0.623. The summed E-state index contributed by atoms with van der Waals surface area (Å²) >= 11 is 0. The monoisotopic (exact) mass is 202 g/mol. The van der Waals surface area contributed by atoms with Crippen molar-refractivity contribution in [3.8, 4) is 0 Å². The molecule has 0 saturated carbocycles. The van der Waals surface area contributed by atoms with E-state index < -0.39 is 0 Å². The zero-order valence-electron chi connectivity index (χ0n) is 10.2. The van der Waals surface area contributed by atoms with Gasteiger partial charge in [0.05, 0.1) is 0 Å². The molecule has 0 heterocycles. The summed E-state index contributed by atoms with van der Waals surface area (Å²) in [5.74, 6) is 0. The van der Waals surface area contributed by atoms with E-state index >= 15 is 0 Å². The Hall–Kier alpha value is -0.120. The van der Waals surface area contributed by atoms with Crippen molar-refractivity contribution in [2.45, 2.75) is 32.7 Å². The second-order valence-electron chi connectivity index (χ2n) is 3.88. The summed E-state index contributed by atoms with van der Waals surface area (Å²) in [5.41, 5.74) is 0. The Kier molecular flexibility index (Phi) is 9.35. The first-order valence-corrected chi connectivity index (χ1v) is 5.62. The van der Waals surface area contributed by atoms with Gasteiger partial charge in [-0.05, 0) is 39.9 Å². The van der Waals surface area contributed by atoms with Crippen LogP contribution in [0, 0.1) is 0 Å². The third kappa shape index (κ3) is 7.30. The number of hydrogen-bond acceptors (Lipinski definition) is 3. The molecule has 1 atom stereocenters. The smallest absolute Gasteiger partial charge is 0.0474 e. The standard InChI is InChI=1S/C11H26N2O/c1-5-8-13(3)11(2)10-12-7-6-9-14-4/h11-12H,5-10H2,1-4H3. The molecule has 3 nitrogen and oxygen atoms in total. The number of nitrogens with one attached hydrogen (secondary N) is 1. The molecular weight excluding hydrogens is 176 g/mol. The highest BCUT2D eigenvalue weighted by atomic mass is 16.5. The van der Waals surface area contributed by atoms with Gasteiger partial charge in [-0.1, -0.05) is 6.92 Å².